The van der Waals surface area contributed by atoms with Gasteiger partial charge in [-0.1, -0.05) is 61.7 Å². The van der Waals surface area contributed by atoms with Crippen molar-refractivity contribution in [2.24, 2.45) is 0 Å². The Morgan fingerprint density at radius 3 is 2.25 bits per heavy atom. The van der Waals surface area contributed by atoms with Gasteiger partial charge in [-0.2, -0.15) is 0 Å². The third-order valence-electron chi connectivity index (χ3n) is 7.04. The molecule has 1 fully saturated rings. The largest absolute Gasteiger partial charge is 0.352 e. The third-order valence-corrected chi connectivity index (χ3v) is 7.41. The summed E-state index contributed by atoms with van der Waals surface area (Å²) >= 11 is 6.38. The summed E-state index contributed by atoms with van der Waals surface area (Å²) in [4.78, 5) is 54.8. The third kappa shape index (κ3) is 5.62. The number of carbonyl (C=O) groups is 4. The fourth-order valence-corrected chi connectivity index (χ4v) is 5.27. The van der Waals surface area contributed by atoms with E-state index in [-0.39, 0.29) is 49.2 Å². The summed E-state index contributed by atoms with van der Waals surface area (Å²) in [5, 5.41) is 3.66. The van der Waals surface area contributed by atoms with E-state index >= 15 is 0 Å². The predicted molar refractivity (Wildman–Crippen MR) is 138 cm³/mol. The lowest BCUT2D eigenvalue weighted by atomic mass is 10.1. The van der Waals surface area contributed by atoms with Gasteiger partial charge in [-0.25, -0.2) is 0 Å². The van der Waals surface area contributed by atoms with Gasteiger partial charge in [0.2, 0.25) is 11.8 Å². The maximum absolute atomic E-state index is 13.5. The van der Waals surface area contributed by atoms with Gasteiger partial charge >= 0.3 is 0 Å². The first-order valence-electron chi connectivity index (χ1n) is 12.7. The zero-order valence-corrected chi connectivity index (χ0v) is 21.3. The smallest absolute Gasteiger partial charge is 0.261 e. The molecule has 190 valence electrons. The van der Waals surface area contributed by atoms with Crippen molar-refractivity contribution in [3.05, 3.63) is 70.2 Å². The van der Waals surface area contributed by atoms with Crippen LogP contribution < -0.4 is 5.32 Å². The van der Waals surface area contributed by atoms with E-state index in [0.29, 0.717) is 29.0 Å². The highest BCUT2D eigenvalue weighted by atomic mass is 35.5. The van der Waals surface area contributed by atoms with Crippen LogP contribution in [0.2, 0.25) is 5.02 Å². The normalized spacial score (nSPS) is 16.2. The molecule has 1 N–H and O–H groups in total. The van der Waals surface area contributed by atoms with Crippen LogP contribution in [0.25, 0.3) is 0 Å². The second-order valence-corrected chi connectivity index (χ2v) is 9.85. The van der Waals surface area contributed by atoms with Crippen LogP contribution in [-0.4, -0.2) is 52.1 Å². The molecule has 36 heavy (non-hydrogen) atoms. The molecule has 0 aromatic heterocycles. The number of imide groups is 1. The van der Waals surface area contributed by atoms with E-state index in [1.807, 2.05) is 25.1 Å². The van der Waals surface area contributed by atoms with Gasteiger partial charge in [0, 0.05) is 30.6 Å². The lowest BCUT2D eigenvalue weighted by molar-refractivity contribution is -0.141. The van der Waals surface area contributed by atoms with Crippen LogP contribution in [0.4, 0.5) is 0 Å². The average Bonchev–Trinajstić information content (AvgIpc) is 3.47. The van der Waals surface area contributed by atoms with Crippen LogP contribution in [0.5, 0.6) is 0 Å². The fraction of sp³-hybridized carbons (Fsp3) is 0.429. The van der Waals surface area contributed by atoms with Gasteiger partial charge in [0.25, 0.3) is 11.8 Å². The Hall–Kier alpha value is -3.19. The Bertz CT molecular complexity index is 1110. The molecule has 0 spiro atoms. The highest BCUT2D eigenvalue weighted by molar-refractivity contribution is 6.31. The van der Waals surface area contributed by atoms with Crippen LogP contribution in [0.3, 0.4) is 0 Å². The molecule has 1 saturated carbocycles. The fourth-order valence-electron chi connectivity index (χ4n) is 5.07. The molecule has 4 amide bonds. The van der Waals surface area contributed by atoms with Crippen molar-refractivity contribution in [1.29, 1.82) is 0 Å². The number of carbonyl (C=O) groups excluding carboxylic acids is 4. The van der Waals surface area contributed by atoms with Crippen molar-refractivity contribution in [3.63, 3.8) is 0 Å². The highest BCUT2D eigenvalue weighted by Gasteiger charge is 2.35. The highest BCUT2D eigenvalue weighted by Crippen LogP contribution is 2.24. The number of rotatable bonds is 10. The van der Waals surface area contributed by atoms with Gasteiger partial charge in [-0.15, -0.1) is 0 Å². The van der Waals surface area contributed by atoms with Gasteiger partial charge < -0.3 is 10.2 Å². The zero-order valence-electron chi connectivity index (χ0n) is 20.5. The maximum atomic E-state index is 13.5. The molecular weight excluding hydrogens is 478 g/mol. The van der Waals surface area contributed by atoms with Gasteiger partial charge in [0.15, 0.2) is 0 Å². The minimum Gasteiger partial charge on any atom is -0.352 e. The summed E-state index contributed by atoms with van der Waals surface area (Å²) in [5.41, 5.74) is 1.55. The van der Waals surface area contributed by atoms with Crippen molar-refractivity contribution >= 4 is 35.2 Å². The van der Waals surface area contributed by atoms with E-state index in [2.05, 4.69) is 5.32 Å². The van der Waals surface area contributed by atoms with Gasteiger partial charge in [0.1, 0.15) is 6.04 Å². The zero-order chi connectivity index (χ0) is 25.7. The first kappa shape index (κ1) is 25.9. The van der Waals surface area contributed by atoms with Gasteiger partial charge in [0.05, 0.1) is 11.1 Å². The molecule has 1 aliphatic carbocycles. The quantitative estimate of drug-likeness (QED) is 0.475. The molecule has 2 aliphatic rings. The minimum atomic E-state index is -0.631. The molecule has 1 heterocycles. The monoisotopic (exact) mass is 509 g/mol. The Morgan fingerprint density at radius 1 is 1.03 bits per heavy atom. The van der Waals surface area contributed by atoms with Gasteiger partial charge in [-0.05, 0) is 49.4 Å². The van der Waals surface area contributed by atoms with Gasteiger partial charge in [-0.3, -0.25) is 24.1 Å². The first-order valence-corrected chi connectivity index (χ1v) is 13.1. The summed E-state index contributed by atoms with van der Waals surface area (Å²) in [5.74, 6) is -1.03. The van der Waals surface area contributed by atoms with E-state index in [9.17, 15) is 19.2 Å². The molecule has 1 aliphatic heterocycles. The van der Waals surface area contributed by atoms with Crippen molar-refractivity contribution in [1.82, 2.24) is 15.1 Å². The Labute approximate surface area is 216 Å². The molecule has 2 aromatic rings. The van der Waals surface area contributed by atoms with Crippen molar-refractivity contribution in [2.75, 3.05) is 6.54 Å². The standard InChI is InChI=1S/C28H32ClN3O4/c1-2-24(26(34)30-20-11-4-5-12-20)32(18-19-10-3-8-15-23(19)29)25(33)16-9-17-31-27(35)21-13-6-7-14-22(21)28(31)36/h3,6-8,10,13-15,20,24H,2,4-5,9,11-12,16-18H2,1H3,(H,30,34)/t24-/m0/s1. The molecule has 8 heteroatoms. The number of amides is 4. The summed E-state index contributed by atoms with van der Waals surface area (Å²) in [6.45, 7) is 2.25. The van der Waals surface area contributed by atoms with Crippen LogP contribution in [0.1, 0.15) is 78.1 Å². The second kappa shape index (κ2) is 11.7. The summed E-state index contributed by atoms with van der Waals surface area (Å²) in [7, 11) is 0. The van der Waals surface area contributed by atoms with Crippen molar-refractivity contribution < 1.29 is 19.2 Å². The van der Waals surface area contributed by atoms with Crippen molar-refractivity contribution in [3.8, 4) is 0 Å². The number of halogens is 1. The van der Waals surface area contributed by atoms with Crippen LogP contribution in [0.15, 0.2) is 48.5 Å². The second-order valence-electron chi connectivity index (χ2n) is 9.44. The number of nitrogens with zero attached hydrogens (tertiary/aromatic N) is 2. The number of benzene rings is 2. The van der Waals surface area contributed by atoms with Crippen LogP contribution in [-0.2, 0) is 16.1 Å². The lowest BCUT2D eigenvalue weighted by Crippen LogP contribution is -2.51. The number of hydrogen-bond acceptors (Lipinski definition) is 4. The molecule has 1 atom stereocenters. The number of hydrogen-bond donors (Lipinski definition) is 1. The molecule has 4 rings (SSSR count). The Kier molecular flexibility index (Phi) is 8.41. The minimum absolute atomic E-state index is 0.102. The van der Waals surface area contributed by atoms with Crippen LogP contribution in [0, 0.1) is 0 Å². The molecule has 2 aromatic carbocycles. The first-order chi connectivity index (χ1) is 17.4. The molecule has 0 unspecified atom stereocenters. The topological polar surface area (TPSA) is 86.8 Å². The lowest BCUT2D eigenvalue weighted by Gasteiger charge is -2.32. The number of nitrogens with one attached hydrogen (secondary N) is 1. The van der Waals surface area contributed by atoms with E-state index in [4.69, 9.17) is 11.6 Å². The Morgan fingerprint density at radius 2 is 1.64 bits per heavy atom. The SMILES string of the molecule is CC[C@@H](C(=O)NC1CCCC1)N(Cc1ccccc1Cl)C(=O)CCCN1C(=O)c2ccccc2C1=O. The van der Waals surface area contributed by atoms with E-state index < -0.39 is 6.04 Å². The number of fused-ring (bicyclic) bond motifs is 1. The van der Waals surface area contributed by atoms with E-state index in [1.54, 1.807) is 35.2 Å². The molecular formula is C28H32ClN3O4. The summed E-state index contributed by atoms with van der Waals surface area (Å²) in [6.07, 6.45) is 4.99. The van der Waals surface area contributed by atoms with Crippen LogP contribution >= 0.6 is 11.6 Å². The molecule has 7 nitrogen and oxygen atoms in total. The van der Waals surface area contributed by atoms with E-state index in [0.717, 1.165) is 31.2 Å². The van der Waals surface area contributed by atoms with Crippen molar-refractivity contribution in [2.45, 2.75) is 70.5 Å². The molecule has 0 radical (unpaired) electrons. The summed E-state index contributed by atoms with van der Waals surface area (Å²) in [6, 6.07) is 13.5. The average molecular weight is 510 g/mol. The molecule has 0 saturated heterocycles. The predicted octanol–water partition coefficient (Wildman–Crippen LogP) is 4.58. The Balaban J connectivity index is 1.45. The molecule has 0 bridgehead atoms. The summed E-state index contributed by atoms with van der Waals surface area (Å²) < 4.78 is 0. The maximum Gasteiger partial charge on any atom is 0.261 e. The van der Waals surface area contributed by atoms with E-state index in [1.165, 1.54) is 4.90 Å².